The number of halogens is 5. The monoisotopic (exact) mass is 587 g/mol. The van der Waals surface area contributed by atoms with Gasteiger partial charge in [-0.1, -0.05) is 18.9 Å². The maximum atomic E-state index is 12.5. The molecule has 4 rings (SSSR count). The molecule has 2 amide bonds. The molecule has 1 aromatic carbocycles. The minimum Gasteiger partial charge on any atom is -0.403 e. The Morgan fingerprint density at radius 2 is 1.80 bits per heavy atom. The van der Waals surface area contributed by atoms with Gasteiger partial charge >= 0.3 is 6.18 Å². The molecule has 0 bridgehead atoms. The number of alkyl halides is 5. The highest BCUT2D eigenvalue weighted by Crippen LogP contribution is 2.32. The number of carbonyl (C=O) groups is 2. The summed E-state index contributed by atoms with van der Waals surface area (Å²) in [6.45, 7) is 0.776. The molecule has 2 aliphatic rings. The Hall–Kier alpha value is -3.42. The van der Waals surface area contributed by atoms with Crippen LogP contribution in [0.25, 0.3) is 11.0 Å². The SMILES string of the molecule is FC1(F)CCCCC1.N/C=C(/C(=O)NCc1nc2ccc(CNC(=O)CCC(F)(F)F)cc2[nH]1)N(N)CC1CCC1. The van der Waals surface area contributed by atoms with Crippen molar-refractivity contribution in [3.63, 3.8) is 0 Å². The Balaban J connectivity index is 0.000000496. The van der Waals surface area contributed by atoms with Gasteiger partial charge in [-0.3, -0.25) is 9.59 Å². The maximum absolute atomic E-state index is 12.5. The highest BCUT2D eigenvalue weighted by molar-refractivity contribution is 5.92. The smallest absolute Gasteiger partial charge is 0.389 e. The number of rotatable bonds is 10. The van der Waals surface area contributed by atoms with E-state index in [9.17, 15) is 31.5 Å². The molecule has 2 aromatic rings. The molecule has 0 spiro atoms. The Morgan fingerprint density at radius 1 is 1.10 bits per heavy atom. The van der Waals surface area contributed by atoms with Crippen LogP contribution in [0.4, 0.5) is 22.0 Å². The first kappa shape index (κ1) is 32.1. The molecule has 0 atom stereocenters. The largest absolute Gasteiger partial charge is 0.403 e. The van der Waals surface area contributed by atoms with E-state index in [1.165, 1.54) is 17.6 Å². The van der Waals surface area contributed by atoms with Gasteiger partial charge in [-0.15, -0.1) is 0 Å². The zero-order valence-corrected chi connectivity index (χ0v) is 22.8. The average Bonchev–Trinajstić information content (AvgIpc) is 3.29. The molecule has 2 saturated carbocycles. The second-order valence-corrected chi connectivity index (χ2v) is 10.5. The molecule has 41 heavy (non-hydrogen) atoms. The Kier molecular flexibility index (Phi) is 11.3. The molecule has 14 heteroatoms. The summed E-state index contributed by atoms with van der Waals surface area (Å²) in [5.74, 6) is 3.56. The van der Waals surface area contributed by atoms with Crippen molar-refractivity contribution >= 4 is 22.8 Å². The van der Waals surface area contributed by atoms with Crippen LogP contribution in [0.5, 0.6) is 0 Å². The molecule has 2 aliphatic carbocycles. The number of benzene rings is 1. The van der Waals surface area contributed by atoms with E-state index in [0.717, 1.165) is 19.3 Å². The van der Waals surface area contributed by atoms with E-state index in [0.29, 0.717) is 47.7 Å². The van der Waals surface area contributed by atoms with Crippen LogP contribution in [0.1, 0.15) is 75.6 Å². The molecule has 9 nitrogen and oxygen atoms in total. The average molecular weight is 588 g/mol. The Morgan fingerprint density at radius 3 is 2.37 bits per heavy atom. The van der Waals surface area contributed by atoms with E-state index in [1.54, 1.807) is 18.2 Å². The summed E-state index contributed by atoms with van der Waals surface area (Å²) in [6.07, 6.45) is 1.06. The Bertz CT molecular complexity index is 1190. The zero-order valence-electron chi connectivity index (χ0n) is 22.8. The van der Waals surface area contributed by atoms with E-state index in [4.69, 9.17) is 11.6 Å². The molecule has 0 aliphatic heterocycles. The van der Waals surface area contributed by atoms with Crippen molar-refractivity contribution in [2.45, 2.75) is 89.4 Å². The third-order valence-corrected chi connectivity index (χ3v) is 7.10. The molecular formula is C27H38F5N7O2. The minimum atomic E-state index is -4.36. The number of aromatic amines is 1. The lowest BCUT2D eigenvalue weighted by Crippen LogP contribution is -2.43. The van der Waals surface area contributed by atoms with Crippen LogP contribution in [-0.2, 0) is 22.7 Å². The second kappa shape index (κ2) is 14.5. The topological polar surface area (TPSA) is 142 Å². The van der Waals surface area contributed by atoms with Crippen LogP contribution in [0.15, 0.2) is 30.1 Å². The third-order valence-electron chi connectivity index (χ3n) is 7.10. The van der Waals surface area contributed by atoms with Gasteiger partial charge < -0.3 is 26.4 Å². The number of H-pyrrole nitrogens is 1. The number of nitrogens with two attached hydrogens (primary N) is 2. The number of nitrogens with one attached hydrogen (secondary N) is 3. The lowest BCUT2D eigenvalue weighted by Gasteiger charge is -2.31. The van der Waals surface area contributed by atoms with Crippen LogP contribution in [0.2, 0.25) is 0 Å². The summed E-state index contributed by atoms with van der Waals surface area (Å²) in [7, 11) is 0. The van der Waals surface area contributed by atoms with E-state index < -0.39 is 36.8 Å². The van der Waals surface area contributed by atoms with Crippen molar-refractivity contribution in [1.82, 2.24) is 25.6 Å². The number of imidazole rings is 1. The van der Waals surface area contributed by atoms with Crippen LogP contribution in [0, 0.1) is 5.92 Å². The fourth-order valence-electron chi connectivity index (χ4n) is 4.52. The molecular weight excluding hydrogens is 549 g/mol. The minimum absolute atomic E-state index is 0.0930. The molecule has 1 aromatic heterocycles. The summed E-state index contributed by atoms with van der Waals surface area (Å²) in [5, 5.41) is 6.57. The van der Waals surface area contributed by atoms with Gasteiger partial charge in [0, 0.05) is 38.6 Å². The van der Waals surface area contributed by atoms with E-state index in [2.05, 4.69) is 20.6 Å². The predicted octanol–water partition coefficient (Wildman–Crippen LogP) is 4.50. The first-order chi connectivity index (χ1) is 19.3. The highest BCUT2D eigenvalue weighted by atomic mass is 19.4. The number of carbonyl (C=O) groups excluding carboxylic acids is 2. The first-order valence-corrected chi connectivity index (χ1v) is 13.8. The standard InChI is InChI=1S/C21H28F3N7O2.C6H10F2/c22-21(23,24)7-6-19(32)27-10-14-4-5-15-16(8-14)30-18(29-15)11-28-20(33)17(9-25)31(26)12-13-2-1-3-13;7-6(8)4-2-1-3-5-6/h4-5,8-9,13H,1-3,6-7,10-12,25-26H2,(H,27,32)(H,28,33)(H,29,30);1-5H2/b17-9-;. The lowest BCUT2D eigenvalue weighted by molar-refractivity contribution is -0.144. The van der Waals surface area contributed by atoms with E-state index in [-0.39, 0.29) is 31.6 Å². The van der Waals surface area contributed by atoms with E-state index in [1.807, 2.05) is 0 Å². The summed E-state index contributed by atoms with van der Waals surface area (Å²) >= 11 is 0. The number of hydrazine groups is 1. The van der Waals surface area contributed by atoms with Gasteiger partial charge in [0.15, 0.2) is 0 Å². The molecule has 7 N–H and O–H groups in total. The number of aromatic nitrogens is 2. The first-order valence-electron chi connectivity index (χ1n) is 13.8. The Labute approximate surface area is 235 Å². The second-order valence-electron chi connectivity index (χ2n) is 10.5. The fourth-order valence-corrected chi connectivity index (χ4v) is 4.52. The number of amides is 2. The quantitative estimate of drug-likeness (QED) is 0.120. The van der Waals surface area contributed by atoms with Crippen LogP contribution in [-0.4, -0.2) is 45.4 Å². The molecule has 0 saturated heterocycles. The van der Waals surface area contributed by atoms with Crippen LogP contribution >= 0.6 is 0 Å². The number of nitrogens with zero attached hydrogens (tertiary/aromatic N) is 2. The lowest BCUT2D eigenvalue weighted by atomic mass is 9.85. The molecule has 228 valence electrons. The van der Waals surface area contributed by atoms with Crippen molar-refractivity contribution < 1.29 is 31.5 Å². The van der Waals surface area contributed by atoms with Gasteiger partial charge in [0.25, 0.3) is 5.91 Å². The van der Waals surface area contributed by atoms with Gasteiger partial charge in [0.05, 0.1) is 24.0 Å². The number of hydrogen-bond donors (Lipinski definition) is 5. The van der Waals surface area contributed by atoms with Gasteiger partial charge in [0.1, 0.15) is 11.5 Å². The summed E-state index contributed by atoms with van der Waals surface area (Å²) in [6, 6.07) is 5.18. The third kappa shape index (κ3) is 10.8. The van der Waals surface area contributed by atoms with Gasteiger partial charge in [0.2, 0.25) is 11.8 Å². The summed E-state index contributed by atoms with van der Waals surface area (Å²) in [5.41, 5.74) is 7.79. The molecule has 0 unspecified atom stereocenters. The van der Waals surface area contributed by atoms with Crippen LogP contribution in [0.3, 0.4) is 0 Å². The molecule has 0 radical (unpaired) electrons. The fraction of sp³-hybridized carbons (Fsp3) is 0.593. The van der Waals surface area contributed by atoms with E-state index >= 15 is 0 Å². The molecule has 1 heterocycles. The molecule has 2 fully saturated rings. The normalized spacial score (nSPS) is 17.3. The van der Waals surface area contributed by atoms with Crippen molar-refractivity contribution in [3.05, 3.63) is 41.5 Å². The maximum Gasteiger partial charge on any atom is 0.389 e. The van der Waals surface area contributed by atoms with Crippen molar-refractivity contribution in [2.24, 2.45) is 17.5 Å². The number of hydrogen-bond acceptors (Lipinski definition) is 6. The van der Waals surface area contributed by atoms with Crippen molar-refractivity contribution in [3.8, 4) is 0 Å². The van der Waals surface area contributed by atoms with Gasteiger partial charge in [-0.2, -0.15) is 13.2 Å². The van der Waals surface area contributed by atoms with Crippen molar-refractivity contribution in [2.75, 3.05) is 6.54 Å². The van der Waals surface area contributed by atoms with Gasteiger partial charge in [-0.25, -0.2) is 19.6 Å². The van der Waals surface area contributed by atoms with Crippen molar-refractivity contribution in [1.29, 1.82) is 0 Å². The summed E-state index contributed by atoms with van der Waals surface area (Å²) < 4.78 is 61.0. The van der Waals surface area contributed by atoms with Gasteiger partial charge in [-0.05, 0) is 49.3 Å². The highest BCUT2D eigenvalue weighted by Gasteiger charge is 2.30. The zero-order chi connectivity index (χ0) is 30.0. The summed E-state index contributed by atoms with van der Waals surface area (Å²) in [4.78, 5) is 31.5. The number of fused-ring (bicyclic) bond motifs is 1. The van der Waals surface area contributed by atoms with Crippen LogP contribution < -0.4 is 22.2 Å². The predicted molar refractivity (Wildman–Crippen MR) is 144 cm³/mol.